The first-order valence-electron chi connectivity index (χ1n) is 7.31. The van der Waals surface area contributed by atoms with E-state index in [1.54, 1.807) is 12.4 Å². The first-order valence-corrected chi connectivity index (χ1v) is 9.62. The number of alkyl halides is 3. The van der Waals surface area contributed by atoms with Crippen molar-refractivity contribution >= 4 is 51.3 Å². The van der Waals surface area contributed by atoms with Gasteiger partial charge in [-0.2, -0.15) is 18.3 Å². The molecule has 27 heavy (non-hydrogen) atoms. The molecule has 0 amide bonds. The number of benzene rings is 1. The maximum Gasteiger partial charge on any atom is 0.416 e. The SMILES string of the molecule is CCNc1n[nH]c(C(=Nc2c(Cl)cc(C(F)(F)F)cc2Cl)NO)c1S(C)=O. The Kier molecular flexibility index (Phi) is 6.73. The average molecular weight is 444 g/mol. The van der Waals surface area contributed by atoms with E-state index in [0.717, 1.165) is 0 Å². The van der Waals surface area contributed by atoms with E-state index in [1.807, 2.05) is 0 Å². The molecule has 1 aromatic heterocycles. The zero-order chi connectivity index (χ0) is 20.4. The van der Waals surface area contributed by atoms with Crippen LogP contribution in [0.2, 0.25) is 10.0 Å². The van der Waals surface area contributed by atoms with Gasteiger partial charge in [0, 0.05) is 12.8 Å². The van der Waals surface area contributed by atoms with Crippen molar-refractivity contribution in [2.45, 2.75) is 18.0 Å². The lowest BCUT2D eigenvalue weighted by Crippen LogP contribution is -2.22. The van der Waals surface area contributed by atoms with Crippen molar-refractivity contribution in [2.75, 3.05) is 18.1 Å². The second-order valence-electron chi connectivity index (χ2n) is 5.12. The Balaban J connectivity index is 2.60. The number of rotatable bonds is 5. The molecule has 1 aromatic carbocycles. The quantitative estimate of drug-likeness (QED) is 0.318. The Morgan fingerprint density at radius 1 is 1.37 bits per heavy atom. The van der Waals surface area contributed by atoms with Crippen LogP contribution in [0, 0.1) is 0 Å². The predicted molar refractivity (Wildman–Crippen MR) is 97.7 cm³/mol. The normalized spacial score (nSPS) is 13.6. The molecule has 0 aliphatic heterocycles. The number of aromatic nitrogens is 2. The van der Waals surface area contributed by atoms with Gasteiger partial charge >= 0.3 is 6.18 Å². The van der Waals surface area contributed by atoms with Crippen LogP contribution in [0.25, 0.3) is 0 Å². The molecule has 0 bridgehead atoms. The average Bonchev–Trinajstić information content (AvgIpc) is 2.97. The van der Waals surface area contributed by atoms with Crippen molar-refractivity contribution in [2.24, 2.45) is 4.99 Å². The highest BCUT2D eigenvalue weighted by Crippen LogP contribution is 2.40. The first-order chi connectivity index (χ1) is 12.6. The van der Waals surface area contributed by atoms with E-state index in [4.69, 9.17) is 23.2 Å². The third kappa shape index (κ3) is 4.72. The highest BCUT2D eigenvalue weighted by atomic mass is 35.5. The maximum absolute atomic E-state index is 12.8. The number of hydroxylamine groups is 1. The number of amidine groups is 1. The number of nitrogens with one attached hydrogen (secondary N) is 3. The number of H-pyrrole nitrogens is 1. The number of aromatic amines is 1. The van der Waals surface area contributed by atoms with Crippen LogP contribution in [0.4, 0.5) is 24.7 Å². The van der Waals surface area contributed by atoms with Crippen LogP contribution >= 0.6 is 23.2 Å². The smallest absolute Gasteiger partial charge is 0.368 e. The van der Waals surface area contributed by atoms with E-state index < -0.39 is 22.5 Å². The summed E-state index contributed by atoms with van der Waals surface area (Å²) < 4.78 is 50.5. The van der Waals surface area contributed by atoms with Crippen LogP contribution in [0.5, 0.6) is 0 Å². The second-order valence-corrected chi connectivity index (χ2v) is 7.25. The molecule has 148 valence electrons. The molecule has 0 saturated heterocycles. The van der Waals surface area contributed by atoms with Crippen LogP contribution in [0.1, 0.15) is 18.2 Å². The minimum atomic E-state index is -4.63. The lowest BCUT2D eigenvalue weighted by molar-refractivity contribution is -0.137. The zero-order valence-electron chi connectivity index (χ0n) is 13.9. The predicted octanol–water partition coefficient (Wildman–Crippen LogP) is 3.96. The fourth-order valence-electron chi connectivity index (χ4n) is 2.14. The summed E-state index contributed by atoms with van der Waals surface area (Å²) in [4.78, 5) is 4.18. The van der Waals surface area contributed by atoms with Gasteiger partial charge in [-0.15, -0.1) is 0 Å². The summed E-state index contributed by atoms with van der Waals surface area (Å²) in [6.45, 7) is 2.29. The number of hydrogen-bond acceptors (Lipinski definition) is 5. The van der Waals surface area contributed by atoms with Crippen LogP contribution in [0.3, 0.4) is 0 Å². The van der Waals surface area contributed by atoms with Gasteiger partial charge in [-0.1, -0.05) is 23.2 Å². The molecule has 0 fully saturated rings. The molecule has 1 unspecified atom stereocenters. The second kappa shape index (κ2) is 8.46. The summed E-state index contributed by atoms with van der Waals surface area (Å²) in [6.07, 6.45) is -3.24. The summed E-state index contributed by atoms with van der Waals surface area (Å²) in [5.41, 5.74) is 0.597. The summed E-state index contributed by atoms with van der Waals surface area (Å²) in [6, 6.07) is 1.33. The third-order valence-corrected chi connectivity index (χ3v) is 4.81. The van der Waals surface area contributed by atoms with Crippen molar-refractivity contribution < 1.29 is 22.6 Å². The van der Waals surface area contributed by atoms with Crippen molar-refractivity contribution in [1.82, 2.24) is 15.7 Å². The summed E-state index contributed by atoms with van der Waals surface area (Å²) >= 11 is 11.8. The minimum absolute atomic E-state index is 0.0568. The highest BCUT2D eigenvalue weighted by Gasteiger charge is 2.32. The van der Waals surface area contributed by atoms with Gasteiger partial charge in [0.15, 0.2) is 11.7 Å². The monoisotopic (exact) mass is 443 g/mol. The van der Waals surface area contributed by atoms with Gasteiger partial charge in [0.25, 0.3) is 0 Å². The Morgan fingerprint density at radius 3 is 2.41 bits per heavy atom. The summed E-state index contributed by atoms with van der Waals surface area (Å²) in [7, 11) is -1.53. The number of nitrogens with zero attached hydrogens (tertiary/aromatic N) is 2. The molecule has 0 radical (unpaired) electrons. The van der Waals surface area contributed by atoms with Gasteiger partial charge in [-0.25, -0.2) is 4.99 Å². The summed E-state index contributed by atoms with van der Waals surface area (Å²) in [5.74, 6) is 0.00121. The maximum atomic E-state index is 12.8. The van der Waals surface area contributed by atoms with E-state index in [2.05, 4.69) is 20.5 Å². The Labute approximate surface area is 164 Å². The third-order valence-electron chi connectivity index (χ3n) is 3.26. The van der Waals surface area contributed by atoms with E-state index >= 15 is 0 Å². The number of aliphatic imine (C=N–C) groups is 1. The summed E-state index contributed by atoms with van der Waals surface area (Å²) in [5, 5.41) is 18.1. The standard InChI is InChI=1S/C14H14Cl2F3N5O2S/c1-3-20-13-11(27(2)26)10(22-23-13)12(24-25)21-9-7(15)4-6(5-8(9)16)14(17,18)19/h4-5,25H,3H2,1-2H3,(H,21,24)(H2,20,22,23). The lowest BCUT2D eigenvalue weighted by atomic mass is 10.2. The molecular formula is C14H14Cl2F3N5O2S. The van der Waals surface area contributed by atoms with Gasteiger partial charge in [-0.05, 0) is 19.1 Å². The van der Waals surface area contributed by atoms with E-state index in [0.29, 0.717) is 18.7 Å². The zero-order valence-corrected chi connectivity index (χ0v) is 16.2. The first kappa shape index (κ1) is 21.5. The molecule has 0 spiro atoms. The van der Waals surface area contributed by atoms with Gasteiger partial charge in [0.1, 0.15) is 16.3 Å². The van der Waals surface area contributed by atoms with E-state index in [-0.39, 0.29) is 38.0 Å². The van der Waals surface area contributed by atoms with Crippen molar-refractivity contribution in [3.8, 4) is 0 Å². The van der Waals surface area contributed by atoms with E-state index in [9.17, 15) is 22.6 Å². The van der Waals surface area contributed by atoms with Gasteiger partial charge < -0.3 is 5.32 Å². The van der Waals surface area contributed by atoms with Gasteiger partial charge in [0.2, 0.25) is 0 Å². The molecule has 0 aliphatic carbocycles. The number of halogens is 5. The largest absolute Gasteiger partial charge is 0.416 e. The molecule has 0 saturated carbocycles. The van der Waals surface area contributed by atoms with Crippen molar-refractivity contribution in [1.29, 1.82) is 0 Å². The van der Waals surface area contributed by atoms with E-state index in [1.165, 1.54) is 6.26 Å². The number of hydrogen-bond donors (Lipinski definition) is 4. The molecule has 13 heteroatoms. The molecule has 1 atom stereocenters. The highest BCUT2D eigenvalue weighted by molar-refractivity contribution is 7.84. The molecular weight excluding hydrogens is 430 g/mol. The Bertz CT molecular complexity index is 878. The molecule has 4 N–H and O–H groups in total. The van der Waals surface area contributed by atoms with Crippen LogP contribution in [0.15, 0.2) is 22.0 Å². The van der Waals surface area contributed by atoms with Crippen molar-refractivity contribution in [3.05, 3.63) is 33.4 Å². The fourth-order valence-corrected chi connectivity index (χ4v) is 3.54. The van der Waals surface area contributed by atoms with Crippen LogP contribution in [-0.4, -0.2) is 38.2 Å². The van der Waals surface area contributed by atoms with Gasteiger partial charge in [0.05, 0.1) is 26.4 Å². The molecule has 1 heterocycles. The minimum Gasteiger partial charge on any atom is -0.368 e. The molecule has 2 rings (SSSR count). The lowest BCUT2D eigenvalue weighted by Gasteiger charge is -2.11. The Morgan fingerprint density at radius 2 is 1.96 bits per heavy atom. The van der Waals surface area contributed by atoms with Crippen molar-refractivity contribution in [3.63, 3.8) is 0 Å². The van der Waals surface area contributed by atoms with Gasteiger partial charge in [-0.3, -0.25) is 20.0 Å². The topological polar surface area (TPSA) is 102 Å². The number of anilines is 1. The van der Waals surface area contributed by atoms with Crippen LogP contribution in [-0.2, 0) is 17.0 Å². The molecule has 7 nitrogen and oxygen atoms in total. The molecule has 0 aliphatic rings. The van der Waals surface area contributed by atoms with Crippen LogP contribution < -0.4 is 10.8 Å². The Hall–Kier alpha value is -1.82. The molecule has 2 aromatic rings. The fraction of sp³-hybridized carbons (Fsp3) is 0.286.